The van der Waals surface area contributed by atoms with E-state index in [0.29, 0.717) is 12.2 Å². The number of carbonyl (C=O) groups excluding carboxylic acids is 1. The quantitative estimate of drug-likeness (QED) is 0.745. The molecule has 0 spiro atoms. The van der Waals surface area contributed by atoms with E-state index in [1.807, 2.05) is 36.5 Å². The van der Waals surface area contributed by atoms with E-state index in [4.69, 9.17) is 0 Å². The third-order valence-corrected chi connectivity index (χ3v) is 2.64. The number of carbonyl (C=O) groups is 1. The first-order valence-corrected chi connectivity index (χ1v) is 5.40. The summed E-state index contributed by atoms with van der Waals surface area (Å²) in [6, 6.07) is 9.91. The largest absolute Gasteiger partial charge is 0.361 e. The van der Waals surface area contributed by atoms with Crippen LogP contribution in [0.25, 0.3) is 0 Å². The van der Waals surface area contributed by atoms with Gasteiger partial charge >= 0.3 is 0 Å². The number of hydrogen-bond acceptors (Lipinski definition) is 2. The highest BCUT2D eigenvalue weighted by Gasteiger charge is 2.13. The summed E-state index contributed by atoms with van der Waals surface area (Å²) in [7, 11) is 0. The van der Waals surface area contributed by atoms with Crippen LogP contribution >= 0.6 is 0 Å². The molecule has 0 heterocycles. The SMILES string of the molecule is O=C1CCCC/C1=C/Nc1ccccc1. The minimum atomic E-state index is 0.296. The van der Waals surface area contributed by atoms with E-state index in [9.17, 15) is 4.79 Å². The zero-order chi connectivity index (χ0) is 10.5. The Morgan fingerprint density at radius 3 is 2.53 bits per heavy atom. The number of Topliss-reactive ketones (excluding diaryl/α,β-unsaturated/α-hetero) is 1. The van der Waals surface area contributed by atoms with Crippen LogP contribution in [0.5, 0.6) is 0 Å². The van der Waals surface area contributed by atoms with Crippen molar-refractivity contribution >= 4 is 11.5 Å². The van der Waals surface area contributed by atoms with Crippen molar-refractivity contribution in [2.75, 3.05) is 5.32 Å². The van der Waals surface area contributed by atoms with Gasteiger partial charge in [0.15, 0.2) is 5.78 Å². The second kappa shape index (κ2) is 4.78. The van der Waals surface area contributed by atoms with Crippen molar-refractivity contribution < 1.29 is 4.79 Å². The van der Waals surface area contributed by atoms with Crippen molar-refractivity contribution in [3.8, 4) is 0 Å². The smallest absolute Gasteiger partial charge is 0.160 e. The van der Waals surface area contributed by atoms with E-state index in [2.05, 4.69) is 5.32 Å². The summed E-state index contributed by atoms with van der Waals surface area (Å²) >= 11 is 0. The third-order valence-electron chi connectivity index (χ3n) is 2.64. The second-order valence-electron chi connectivity index (χ2n) is 3.81. The molecule has 0 amide bonds. The van der Waals surface area contributed by atoms with Crippen molar-refractivity contribution in [2.24, 2.45) is 0 Å². The first-order valence-electron chi connectivity index (χ1n) is 5.40. The second-order valence-corrected chi connectivity index (χ2v) is 3.81. The van der Waals surface area contributed by atoms with Gasteiger partial charge in [0.2, 0.25) is 0 Å². The summed E-state index contributed by atoms with van der Waals surface area (Å²) in [5.74, 6) is 0.296. The van der Waals surface area contributed by atoms with Gasteiger partial charge in [-0.3, -0.25) is 4.79 Å². The molecule has 0 saturated heterocycles. The van der Waals surface area contributed by atoms with Crippen LogP contribution in [0.3, 0.4) is 0 Å². The summed E-state index contributed by atoms with van der Waals surface area (Å²) in [4.78, 5) is 11.5. The van der Waals surface area contributed by atoms with Crippen LogP contribution in [0.15, 0.2) is 42.1 Å². The molecule has 0 aliphatic heterocycles. The zero-order valence-electron chi connectivity index (χ0n) is 8.70. The monoisotopic (exact) mass is 201 g/mol. The lowest BCUT2D eigenvalue weighted by Gasteiger charge is -2.12. The number of anilines is 1. The van der Waals surface area contributed by atoms with Crippen molar-refractivity contribution in [3.63, 3.8) is 0 Å². The number of hydrogen-bond donors (Lipinski definition) is 1. The highest BCUT2D eigenvalue weighted by molar-refractivity contribution is 5.96. The summed E-state index contributed by atoms with van der Waals surface area (Å²) in [6.07, 6.45) is 5.66. The fourth-order valence-corrected chi connectivity index (χ4v) is 1.76. The molecular weight excluding hydrogens is 186 g/mol. The molecule has 2 rings (SSSR count). The maximum atomic E-state index is 11.5. The fourth-order valence-electron chi connectivity index (χ4n) is 1.76. The van der Waals surface area contributed by atoms with Gasteiger partial charge < -0.3 is 5.32 Å². The molecule has 1 aliphatic rings. The number of benzene rings is 1. The van der Waals surface area contributed by atoms with Crippen LogP contribution in [-0.4, -0.2) is 5.78 Å². The molecule has 1 N–H and O–H groups in total. The minimum absolute atomic E-state index is 0.296. The topological polar surface area (TPSA) is 29.1 Å². The lowest BCUT2D eigenvalue weighted by atomic mass is 9.94. The van der Waals surface area contributed by atoms with Crippen LogP contribution in [0.2, 0.25) is 0 Å². The van der Waals surface area contributed by atoms with Crippen LogP contribution in [0.4, 0.5) is 5.69 Å². The molecular formula is C13H15NO. The number of rotatable bonds is 2. The van der Waals surface area contributed by atoms with Gasteiger partial charge in [-0.05, 0) is 31.4 Å². The Kier molecular flexibility index (Phi) is 3.18. The van der Waals surface area contributed by atoms with E-state index >= 15 is 0 Å². The molecule has 1 fully saturated rings. The Balaban J connectivity index is 2.01. The maximum Gasteiger partial charge on any atom is 0.160 e. The first-order chi connectivity index (χ1) is 7.36. The predicted octanol–water partition coefficient (Wildman–Crippen LogP) is 3.13. The standard InChI is InChI=1S/C13H15NO/c15-13-9-5-4-6-11(13)10-14-12-7-2-1-3-8-12/h1-3,7-8,10,14H,4-6,9H2/b11-10-. The van der Waals surface area contributed by atoms with Crippen molar-refractivity contribution in [3.05, 3.63) is 42.1 Å². The number of nitrogens with one attached hydrogen (secondary N) is 1. The van der Waals surface area contributed by atoms with Crippen LogP contribution < -0.4 is 5.32 Å². The molecule has 0 atom stereocenters. The highest BCUT2D eigenvalue weighted by atomic mass is 16.1. The highest BCUT2D eigenvalue weighted by Crippen LogP contribution is 2.19. The Labute approximate surface area is 90.0 Å². The van der Waals surface area contributed by atoms with Gasteiger partial charge in [-0.1, -0.05) is 18.2 Å². The Morgan fingerprint density at radius 1 is 1.07 bits per heavy atom. The molecule has 1 aliphatic carbocycles. The molecule has 78 valence electrons. The summed E-state index contributed by atoms with van der Waals surface area (Å²) in [5, 5.41) is 3.16. The van der Waals surface area contributed by atoms with Gasteiger partial charge in [-0.15, -0.1) is 0 Å². The summed E-state index contributed by atoms with van der Waals surface area (Å²) in [5.41, 5.74) is 1.97. The normalized spacial score (nSPS) is 19.2. The van der Waals surface area contributed by atoms with Crippen LogP contribution in [0.1, 0.15) is 25.7 Å². The first kappa shape index (κ1) is 9.97. The number of allylic oxidation sites excluding steroid dienone is 1. The van der Waals surface area contributed by atoms with Gasteiger partial charge in [0, 0.05) is 23.9 Å². The maximum absolute atomic E-state index is 11.5. The van der Waals surface area contributed by atoms with E-state index < -0.39 is 0 Å². The molecule has 1 aromatic rings. The average Bonchev–Trinajstić information content (AvgIpc) is 2.29. The molecule has 15 heavy (non-hydrogen) atoms. The predicted molar refractivity (Wildman–Crippen MR) is 61.6 cm³/mol. The van der Waals surface area contributed by atoms with E-state index in [0.717, 1.165) is 30.5 Å². The molecule has 0 radical (unpaired) electrons. The Bertz CT molecular complexity index is 367. The fraction of sp³-hybridized carbons (Fsp3) is 0.308. The molecule has 2 nitrogen and oxygen atoms in total. The van der Waals surface area contributed by atoms with Gasteiger partial charge in [-0.2, -0.15) is 0 Å². The van der Waals surface area contributed by atoms with Crippen molar-refractivity contribution in [1.29, 1.82) is 0 Å². The molecule has 0 aromatic heterocycles. The molecule has 1 aromatic carbocycles. The van der Waals surface area contributed by atoms with Crippen LogP contribution in [-0.2, 0) is 4.79 Å². The van der Waals surface area contributed by atoms with Gasteiger partial charge in [-0.25, -0.2) is 0 Å². The molecule has 0 bridgehead atoms. The Hall–Kier alpha value is -1.57. The molecule has 0 unspecified atom stereocenters. The van der Waals surface area contributed by atoms with E-state index in [1.54, 1.807) is 0 Å². The van der Waals surface area contributed by atoms with Crippen molar-refractivity contribution in [1.82, 2.24) is 0 Å². The number of ketones is 1. The average molecular weight is 201 g/mol. The minimum Gasteiger partial charge on any atom is -0.361 e. The lowest BCUT2D eigenvalue weighted by Crippen LogP contribution is -2.09. The lowest BCUT2D eigenvalue weighted by molar-refractivity contribution is -0.116. The number of para-hydroxylation sites is 1. The Morgan fingerprint density at radius 2 is 1.80 bits per heavy atom. The van der Waals surface area contributed by atoms with E-state index in [-0.39, 0.29) is 0 Å². The summed E-state index contributed by atoms with van der Waals surface area (Å²) in [6.45, 7) is 0. The van der Waals surface area contributed by atoms with Crippen molar-refractivity contribution in [2.45, 2.75) is 25.7 Å². The van der Waals surface area contributed by atoms with Crippen LogP contribution in [0, 0.1) is 0 Å². The summed E-state index contributed by atoms with van der Waals surface area (Å²) < 4.78 is 0. The molecule has 1 saturated carbocycles. The zero-order valence-corrected chi connectivity index (χ0v) is 8.70. The third kappa shape index (κ3) is 2.69. The van der Waals surface area contributed by atoms with Gasteiger partial charge in [0.25, 0.3) is 0 Å². The molecule has 2 heteroatoms. The van der Waals surface area contributed by atoms with Gasteiger partial charge in [0.1, 0.15) is 0 Å². The van der Waals surface area contributed by atoms with E-state index in [1.165, 1.54) is 0 Å². The van der Waals surface area contributed by atoms with Gasteiger partial charge in [0.05, 0.1) is 0 Å².